The van der Waals surface area contributed by atoms with E-state index in [1.165, 1.54) is 36.4 Å². The van der Waals surface area contributed by atoms with Crippen molar-refractivity contribution in [2.24, 2.45) is 5.92 Å². The lowest BCUT2D eigenvalue weighted by Crippen LogP contribution is -2.38. The zero-order valence-electron chi connectivity index (χ0n) is 20.1. The molecule has 1 aliphatic carbocycles. The first-order valence-corrected chi connectivity index (χ1v) is 14.4. The Bertz CT molecular complexity index is 924. The fourth-order valence-electron chi connectivity index (χ4n) is 5.14. The minimum atomic E-state index is 0.141. The largest absolute Gasteiger partial charge is 0.467 e. The van der Waals surface area contributed by atoms with Crippen LogP contribution < -0.4 is 10.1 Å². The van der Waals surface area contributed by atoms with Gasteiger partial charge in [-0.05, 0) is 57.9 Å². The molecule has 7 nitrogen and oxygen atoms in total. The zero-order chi connectivity index (χ0) is 23.3. The van der Waals surface area contributed by atoms with Crippen LogP contribution in [0.25, 0.3) is 0 Å². The predicted molar refractivity (Wildman–Crippen MR) is 135 cm³/mol. The highest BCUT2D eigenvalue weighted by molar-refractivity contribution is 7.13. The van der Waals surface area contributed by atoms with Crippen molar-refractivity contribution in [3.63, 3.8) is 0 Å². The summed E-state index contributed by atoms with van der Waals surface area (Å²) in [5, 5.41) is 5.09. The Balaban J connectivity index is 0.980. The van der Waals surface area contributed by atoms with E-state index in [0.717, 1.165) is 72.8 Å². The van der Waals surface area contributed by atoms with Gasteiger partial charge in [0.25, 0.3) is 5.19 Å². The molecule has 2 aromatic heterocycles. The molecule has 9 heteroatoms. The summed E-state index contributed by atoms with van der Waals surface area (Å²) in [5.74, 6) is 0.921. The normalized spacial score (nSPS) is 25.3. The quantitative estimate of drug-likeness (QED) is 0.560. The number of aromatic nitrogens is 2. The summed E-state index contributed by atoms with van der Waals surface area (Å²) in [6.07, 6.45) is 11.7. The van der Waals surface area contributed by atoms with E-state index in [1.54, 1.807) is 22.7 Å². The summed E-state index contributed by atoms with van der Waals surface area (Å²) < 4.78 is 11.3. The van der Waals surface area contributed by atoms with E-state index in [1.807, 2.05) is 13.1 Å². The van der Waals surface area contributed by atoms with Crippen molar-refractivity contribution in [3.05, 3.63) is 26.7 Å². The van der Waals surface area contributed by atoms with Gasteiger partial charge in [0.2, 0.25) is 5.91 Å². The standard InChI is InChI=1S/C25H36N4O3S2/c1-17-26-15-21(33-17)14-24(30)27-19-4-2-18(3-5-19)6-10-29-11-7-22-23(8-12-29)34-25(28-22)32-16-20-9-13-31-20/h15,18-20H,2-14,16H2,1H3,(H,27,30)/t18-,19-,20?. The Morgan fingerprint density at radius 3 is 2.76 bits per heavy atom. The molecule has 1 atom stereocenters. The number of nitrogens with zero attached hydrogens (tertiary/aromatic N) is 3. The maximum atomic E-state index is 12.4. The maximum absolute atomic E-state index is 12.4. The summed E-state index contributed by atoms with van der Waals surface area (Å²) in [5.41, 5.74) is 1.24. The molecule has 1 saturated carbocycles. The molecule has 2 fully saturated rings. The molecule has 1 N–H and O–H groups in total. The van der Waals surface area contributed by atoms with Crippen LogP contribution in [0.5, 0.6) is 5.19 Å². The van der Waals surface area contributed by atoms with Gasteiger partial charge in [-0.25, -0.2) is 9.97 Å². The number of hydrogen-bond acceptors (Lipinski definition) is 8. The number of fused-ring (bicyclic) bond motifs is 1. The first-order valence-electron chi connectivity index (χ1n) is 12.8. The second kappa shape index (κ2) is 11.5. The van der Waals surface area contributed by atoms with Crippen molar-refractivity contribution in [1.82, 2.24) is 20.2 Å². The molecule has 5 rings (SSSR count). The smallest absolute Gasteiger partial charge is 0.273 e. The Labute approximate surface area is 210 Å². The van der Waals surface area contributed by atoms with E-state index in [4.69, 9.17) is 14.5 Å². The number of hydrogen-bond donors (Lipinski definition) is 1. The molecule has 3 aliphatic rings. The van der Waals surface area contributed by atoms with Gasteiger partial charge in [-0.15, -0.1) is 11.3 Å². The summed E-state index contributed by atoms with van der Waals surface area (Å²) in [4.78, 5) is 26.4. The summed E-state index contributed by atoms with van der Waals surface area (Å²) >= 11 is 3.34. The second-order valence-corrected chi connectivity index (χ2v) is 12.2. The molecule has 2 aromatic rings. The molecule has 1 unspecified atom stereocenters. The number of rotatable bonds is 9. The number of amides is 1. The van der Waals surface area contributed by atoms with Crippen LogP contribution in [-0.4, -0.2) is 65.8 Å². The summed E-state index contributed by atoms with van der Waals surface area (Å²) in [7, 11) is 0. The first kappa shape index (κ1) is 24.2. The van der Waals surface area contributed by atoms with E-state index in [-0.39, 0.29) is 12.0 Å². The Morgan fingerprint density at radius 2 is 2.03 bits per heavy atom. The fraction of sp³-hybridized carbons (Fsp3) is 0.720. The van der Waals surface area contributed by atoms with Crippen LogP contribution in [0.4, 0.5) is 0 Å². The van der Waals surface area contributed by atoms with Crippen LogP contribution in [0.1, 0.15) is 59.0 Å². The van der Waals surface area contributed by atoms with Gasteiger partial charge in [-0.2, -0.15) is 0 Å². The topological polar surface area (TPSA) is 76.6 Å². The maximum Gasteiger partial charge on any atom is 0.273 e. The van der Waals surface area contributed by atoms with Crippen molar-refractivity contribution < 1.29 is 14.3 Å². The average Bonchev–Trinajstić information content (AvgIpc) is 3.33. The average molecular weight is 505 g/mol. The van der Waals surface area contributed by atoms with Gasteiger partial charge in [-0.1, -0.05) is 11.3 Å². The minimum Gasteiger partial charge on any atom is -0.467 e. The van der Waals surface area contributed by atoms with Gasteiger partial charge in [0.05, 0.1) is 23.2 Å². The third-order valence-corrected chi connectivity index (χ3v) is 9.32. The zero-order valence-corrected chi connectivity index (χ0v) is 21.7. The monoisotopic (exact) mass is 504 g/mol. The third kappa shape index (κ3) is 6.56. The number of nitrogens with one attached hydrogen (secondary N) is 1. The van der Waals surface area contributed by atoms with E-state index < -0.39 is 0 Å². The van der Waals surface area contributed by atoms with E-state index in [2.05, 4.69) is 15.2 Å². The lowest BCUT2D eigenvalue weighted by Gasteiger charge is -2.30. The van der Waals surface area contributed by atoms with Crippen molar-refractivity contribution in [3.8, 4) is 5.19 Å². The molecular weight excluding hydrogens is 468 g/mol. The molecule has 0 aromatic carbocycles. The summed E-state index contributed by atoms with van der Waals surface area (Å²) in [6.45, 7) is 6.85. The van der Waals surface area contributed by atoms with Crippen LogP contribution in [0.2, 0.25) is 0 Å². The van der Waals surface area contributed by atoms with E-state index in [9.17, 15) is 4.79 Å². The number of carbonyl (C=O) groups excluding carboxylic acids is 1. The van der Waals surface area contributed by atoms with Crippen molar-refractivity contribution in [2.75, 3.05) is 32.8 Å². The fourth-order valence-corrected chi connectivity index (χ4v) is 6.88. The number of thiazole rings is 2. The van der Waals surface area contributed by atoms with Gasteiger partial charge in [0.15, 0.2) is 0 Å². The van der Waals surface area contributed by atoms with E-state index >= 15 is 0 Å². The highest BCUT2D eigenvalue weighted by atomic mass is 32.1. The van der Waals surface area contributed by atoms with Gasteiger partial charge in [-0.3, -0.25) is 4.79 Å². The number of aryl methyl sites for hydroxylation is 1. The molecule has 34 heavy (non-hydrogen) atoms. The third-order valence-electron chi connectivity index (χ3n) is 7.33. The van der Waals surface area contributed by atoms with Gasteiger partial charge < -0.3 is 19.7 Å². The first-order chi connectivity index (χ1) is 16.6. The molecule has 186 valence electrons. The number of carbonyl (C=O) groups is 1. The Kier molecular flexibility index (Phi) is 8.14. The van der Waals surface area contributed by atoms with Crippen LogP contribution in [0, 0.1) is 12.8 Å². The SMILES string of the molecule is Cc1ncc(CC(=O)N[C@H]2CC[C@H](CCN3CCc4nc(OCC5CCO5)sc4CC3)CC2)s1. The van der Waals surface area contributed by atoms with Gasteiger partial charge >= 0.3 is 0 Å². The van der Waals surface area contributed by atoms with Crippen LogP contribution in [0.3, 0.4) is 0 Å². The van der Waals surface area contributed by atoms with Gasteiger partial charge in [0, 0.05) is 54.5 Å². The summed E-state index contributed by atoms with van der Waals surface area (Å²) in [6, 6.07) is 0.338. The molecule has 0 spiro atoms. The van der Waals surface area contributed by atoms with Crippen molar-refractivity contribution >= 4 is 28.6 Å². The molecule has 4 heterocycles. The molecular formula is C25H36N4O3S2. The second-order valence-electron chi connectivity index (χ2n) is 9.88. The highest BCUT2D eigenvalue weighted by Crippen LogP contribution is 2.30. The lowest BCUT2D eigenvalue weighted by atomic mass is 9.84. The lowest BCUT2D eigenvalue weighted by molar-refractivity contribution is -0.121. The van der Waals surface area contributed by atoms with Crippen LogP contribution in [-0.2, 0) is 28.8 Å². The minimum absolute atomic E-state index is 0.141. The highest BCUT2D eigenvalue weighted by Gasteiger charge is 2.25. The van der Waals surface area contributed by atoms with Crippen molar-refractivity contribution in [2.45, 2.75) is 76.9 Å². The van der Waals surface area contributed by atoms with Crippen molar-refractivity contribution in [1.29, 1.82) is 0 Å². The predicted octanol–water partition coefficient (Wildman–Crippen LogP) is 3.78. The molecule has 1 saturated heterocycles. The molecule has 2 aliphatic heterocycles. The molecule has 0 radical (unpaired) electrons. The number of ether oxygens (including phenoxy) is 2. The van der Waals surface area contributed by atoms with Gasteiger partial charge in [0.1, 0.15) is 6.61 Å². The van der Waals surface area contributed by atoms with Crippen LogP contribution in [0.15, 0.2) is 6.20 Å². The Hall–Kier alpha value is -1.55. The molecule has 1 amide bonds. The molecule has 0 bridgehead atoms. The van der Waals surface area contributed by atoms with E-state index in [0.29, 0.717) is 19.1 Å². The van der Waals surface area contributed by atoms with Crippen LogP contribution >= 0.6 is 22.7 Å². The Morgan fingerprint density at radius 1 is 1.21 bits per heavy atom.